The summed E-state index contributed by atoms with van der Waals surface area (Å²) in [6.07, 6.45) is 4.61. The molecule has 6 nitrogen and oxygen atoms in total. The van der Waals surface area contributed by atoms with Crippen LogP contribution in [0.5, 0.6) is 0 Å². The number of rotatable bonds is 3. The number of nitro groups is 1. The number of hydrogen-bond acceptors (Lipinski definition) is 5. The van der Waals surface area contributed by atoms with Gasteiger partial charge in [0.15, 0.2) is 0 Å². The van der Waals surface area contributed by atoms with Crippen LogP contribution >= 0.6 is 0 Å². The molecule has 2 unspecified atom stereocenters. The number of nitriles is 1. The number of anilines is 1. The van der Waals surface area contributed by atoms with Crippen LogP contribution in [-0.4, -0.2) is 35.0 Å². The van der Waals surface area contributed by atoms with Gasteiger partial charge in [-0.2, -0.15) is 5.26 Å². The van der Waals surface area contributed by atoms with Gasteiger partial charge in [-0.1, -0.05) is 6.42 Å². The lowest BCUT2D eigenvalue weighted by Crippen LogP contribution is -2.41. The monoisotopic (exact) mass is 286 g/mol. The number of nitrogens with zero attached hydrogens (tertiary/aromatic N) is 3. The highest BCUT2D eigenvalue weighted by Crippen LogP contribution is 2.32. The van der Waals surface area contributed by atoms with Crippen LogP contribution in [0.2, 0.25) is 0 Å². The maximum Gasteiger partial charge on any atom is 0.292 e. The molecular weight excluding hydrogens is 268 g/mol. The zero-order valence-electron chi connectivity index (χ0n) is 11.8. The third-order valence-electron chi connectivity index (χ3n) is 4.52. The first kappa shape index (κ1) is 13.8. The number of nitrogens with one attached hydrogen (secondary N) is 1. The molecule has 110 valence electrons. The van der Waals surface area contributed by atoms with Gasteiger partial charge in [-0.15, -0.1) is 0 Å². The highest BCUT2D eigenvalue weighted by Gasteiger charge is 2.36. The number of nitro benzene ring substituents is 1. The molecule has 21 heavy (non-hydrogen) atoms. The largest absolute Gasteiger partial charge is 0.375 e. The van der Waals surface area contributed by atoms with Gasteiger partial charge in [0, 0.05) is 24.7 Å². The van der Waals surface area contributed by atoms with Crippen LogP contribution in [-0.2, 0) is 0 Å². The maximum atomic E-state index is 11.2. The third kappa shape index (κ3) is 2.69. The molecule has 6 heteroatoms. The fourth-order valence-electron chi connectivity index (χ4n) is 3.50. The average Bonchev–Trinajstić information content (AvgIpc) is 2.90. The predicted octanol–water partition coefficient (Wildman–Crippen LogP) is 2.51. The van der Waals surface area contributed by atoms with E-state index >= 15 is 0 Å². The SMILES string of the molecule is N#Cc1ccc([N+](=O)[O-])c(NC2CCN3CCCCC23)c1. The summed E-state index contributed by atoms with van der Waals surface area (Å²) in [5, 5.41) is 23.5. The van der Waals surface area contributed by atoms with Crippen molar-refractivity contribution in [3.63, 3.8) is 0 Å². The van der Waals surface area contributed by atoms with E-state index in [1.165, 1.54) is 25.0 Å². The quantitative estimate of drug-likeness (QED) is 0.682. The summed E-state index contributed by atoms with van der Waals surface area (Å²) in [5.41, 5.74) is 0.960. The van der Waals surface area contributed by atoms with E-state index in [-0.39, 0.29) is 11.7 Å². The molecule has 2 atom stereocenters. The zero-order chi connectivity index (χ0) is 14.8. The van der Waals surface area contributed by atoms with Gasteiger partial charge >= 0.3 is 0 Å². The van der Waals surface area contributed by atoms with Crippen molar-refractivity contribution in [2.24, 2.45) is 0 Å². The average molecular weight is 286 g/mol. The lowest BCUT2D eigenvalue weighted by atomic mass is 9.98. The number of hydrogen-bond donors (Lipinski definition) is 1. The summed E-state index contributed by atoms with van der Waals surface area (Å²) < 4.78 is 0. The number of benzene rings is 1. The second kappa shape index (κ2) is 5.70. The number of fused-ring (bicyclic) bond motifs is 1. The highest BCUT2D eigenvalue weighted by molar-refractivity contribution is 5.65. The molecule has 2 aliphatic heterocycles. The molecule has 2 fully saturated rings. The Bertz CT molecular complexity index is 596. The molecule has 2 heterocycles. The Morgan fingerprint density at radius 3 is 2.95 bits per heavy atom. The highest BCUT2D eigenvalue weighted by atomic mass is 16.6. The van der Waals surface area contributed by atoms with Crippen molar-refractivity contribution in [1.82, 2.24) is 4.90 Å². The van der Waals surface area contributed by atoms with Crippen LogP contribution in [0.4, 0.5) is 11.4 Å². The summed E-state index contributed by atoms with van der Waals surface area (Å²) in [6, 6.07) is 7.23. The molecule has 1 N–H and O–H groups in total. The minimum absolute atomic E-state index is 0.0447. The first-order valence-electron chi connectivity index (χ1n) is 7.38. The fourth-order valence-corrected chi connectivity index (χ4v) is 3.50. The Labute approximate surface area is 123 Å². The van der Waals surface area contributed by atoms with Crippen LogP contribution in [0, 0.1) is 21.4 Å². The minimum atomic E-state index is -0.392. The summed E-state index contributed by atoms with van der Waals surface area (Å²) in [4.78, 5) is 13.2. The molecule has 1 aromatic rings. The summed E-state index contributed by atoms with van der Waals surface area (Å²) in [7, 11) is 0. The van der Waals surface area contributed by atoms with Crippen molar-refractivity contribution < 1.29 is 4.92 Å². The van der Waals surface area contributed by atoms with Crippen molar-refractivity contribution >= 4 is 11.4 Å². The van der Waals surface area contributed by atoms with E-state index in [2.05, 4.69) is 10.2 Å². The first-order chi connectivity index (χ1) is 10.2. The van der Waals surface area contributed by atoms with Gasteiger partial charge in [-0.05, 0) is 37.9 Å². The van der Waals surface area contributed by atoms with Crippen molar-refractivity contribution in [2.45, 2.75) is 37.8 Å². The van der Waals surface area contributed by atoms with Crippen molar-refractivity contribution in [3.8, 4) is 6.07 Å². The van der Waals surface area contributed by atoms with E-state index in [1.807, 2.05) is 6.07 Å². The molecule has 0 spiro atoms. The van der Waals surface area contributed by atoms with Crippen molar-refractivity contribution in [2.75, 3.05) is 18.4 Å². The minimum Gasteiger partial charge on any atom is -0.375 e. The van der Waals surface area contributed by atoms with Crippen LogP contribution < -0.4 is 5.32 Å². The lowest BCUT2D eigenvalue weighted by molar-refractivity contribution is -0.384. The van der Waals surface area contributed by atoms with Gasteiger partial charge in [-0.25, -0.2) is 0 Å². The Balaban J connectivity index is 1.84. The fraction of sp³-hybridized carbons (Fsp3) is 0.533. The second-order valence-electron chi connectivity index (χ2n) is 5.74. The molecule has 0 radical (unpaired) electrons. The van der Waals surface area contributed by atoms with Gasteiger partial charge in [0.25, 0.3) is 5.69 Å². The molecule has 0 aromatic heterocycles. The Kier molecular flexibility index (Phi) is 3.76. The van der Waals surface area contributed by atoms with Gasteiger partial charge in [0.05, 0.1) is 16.6 Å². The summed E-state index contributed by atoms with van der Waals surface area (Å²) >= 11 is 0. The van der Waals surface area contributed by atoms with Crippen molar-refractivity contribution in [1.29, 1.82) is 5.26 Å². The lowest BCUT2D eigenvalue weighted by Gasteiger charge is -2.32. The van der Waals surface area contributed by atoms with E-state index in [0.717, 1.165) is 25.9 Å². The smallest absolute Gasteiger partial charge is 0.292 e. The Hall–Kier alpha value is -2.13. The van der Waals surface area contributed by atoms with Crippen LogP contribution in [0.15, 0.2) is 18.2 Å². The van der Waals surface area contributed by atoms with Gasteiger partial charge in [-0.3, -0.25) is 15.0 Å². The maximum absolute atomic E-state index is 11.2. The molecule has 0 amide bonds. The molecule has 3 rings (SSSR count). The molecule has 2 aliphatic rings. The zero-order valence-corrected chi connectivity index (χ0v) is 11.8. The Morgan fingerprint density at radius 2 is 2.19 bits per heavy atom. The van der Waals surface area contributed by atoms with E-state index in [0.29, 0.717) is 17.3 Å². The molecule has 1 aromatic carbocycles. The normalized spacial score (nSPS) is 25.1. The van der Waals surface area contributed by atoms with Crippen LogP contribution in [0.1, 0.15) is 31.2 Å². The van der Waals surface area contributed by atoms with Gasteiger partial charge in [0.2, 0.25) is 0 Å². The molecule has 2 saturated heterocycles. The van der Waals surface area contributed by atoms with Crippen LogP contribution in [0.25, 0.3) is 0 Å². The van der Waals surface area contributed by atoms with Crippen molar-refractivity contribution in [3.05, 3.63) is 33.9 Å². The topological polar surface area (TPSA) is 82.2 Å². The van der Waals surface area contributed by atoms with E-state index < -0.39 is 4.92 Å². The summed E-state index contributed by atoms with van der Waals surface area (Å²) in [6.45, 7) is 2.18. The van der Waals surface area contributed by atoms with E-state index in [1.54, 1.807) is 6.07 Å². The Morgan fingerprint density at radius 1 is 1.33 bits per heavy atom. The molecule has 0 bridgehead atoms. The number of piperidine rings is 1. The molecule has 0 saturated carbocycles. The summed E-state index contributed by atoms with van der Waals surface area (Å²) in [5.74, 6) is 0. The van der Waals surface area contributed by atoms with E-state index in [4.69, 9.17) is 5.26 Å². The predicted molar refractivity (Wildman–Crippen MR) is 79.1 cm³/mol. The van der Waals surface area contributed by atoms with E-state index in [9.17, 15) is 10.1 Å². The second-order valence-corrected chi connectivity index (χ2v) is 5.74. The first-order valence-corrected chi connectivity index (χ1v) is 7.38. The van der Waals surface area contributed by atoms with Gasteiger partial charge in [0.1, 0.15) is 5.69 Å². The van der Waals surface area contributed by atoms with Gasteiger partial charge < -0.3 is 5.32 Å². The standard InChI is InChI=1S/C15H18N4O2/c16-10-11-4-5-15(19(20)21)13(9-11)17-12-6-8-18-7-2-1-3-14(12)18/h4-5,9,12,14,17H,1-3,6-8H2. The van der Waals surface area contributed by atoms with Crippen LogP contribution in [0.3, 0.4) is 0 Å². The molecular formula is C15H18N4O2. The molecule has 0 aliphatic carbocycles. The third-order valence-corrected chi connectivity index (χ3v) is 4.52.